The van der Waals surface area contributed by atoms with Gasteiger partial charge in [0.15, 0.2) is 0 Å². The number of pyridine rings is 1. The lowest BCUT2D eigenvalue weighted by Gasteiger charge is -2.14. The molecule has 0 aliphatic heterocycles. The number of nitrogens with zero attached hydrogens (tertiary/aromatic N) is 1. The van der Waals surface area contributed by atoms with Gasteiger partial charge in [-0.25, -0.2) is 5.48 Å². The minimum absolute atomic E-state index is 0.0869. The van der Waals surface area contributed by atoms with E-state index >= 15 is 0 Å². The third kappa shape index (κ3) is 6.05. The second-order valence-corrected chi connectivity index (χ2v) is 7.45. The Morgan fingerprint density at radius 3 is 2.21 bits per heavy atom. The van der Waals surface area contributed by atoms with Gasteiger partial charge in [0.2, 0.25) is 0 Å². The van der Waals surface area contributed by atoms with Crippen molar-refractivity contribution in [1.29, 1.82) is 0 Å². The van der Waals surface area contributed by atoms with E-state index in [1.165, 1.54) is 0 Å². The Hall–Kier alpha value is -4.49. The van der Waals surface area contributed by atoms with Crippen molar-refractivity contribution < 1.29 is 14.4 Å². The number of rotatable bonds is 9. The highest BCUT2D eigenvalue weighted by Crippen LogP contribution is 2.18. The molecule has 0 aliphatic carbocycles. The second kappa shape index (κ2) is 11.4. The largest absolute Gasteiger partial charge is 0.380 e. The quantitative estimate of drug-likeness (QED) is 0.317. The number of nitrogens with one attached hydrogen (secondary N) is 3. The molecule has 34 heavy (non-hydrogen) atoms. The molecule has 7 heteroatoms. The van der Waals surface area contributed by atoms with E-state index in [9.17, 15) is 9.59 Å². The molecule has 0 unspecified atom stereocenters. The van der Waals surface area contributed by atoms with Crippen LogP contribution in [0.3, 0.4) is 0 Å². The summed E-state index contributed by atoms with van der Waals surface area (Å²) in [5, 5.41) is 6.17. The Labute approximate surface area is 197 Å². The van der Waals surface area contributed by atoms with Gasteiger partial charge in [-0.3, -0.25) is 19.4 Å². The fourth-order valence-electron chi connectivity index (χ4n) is 3.32. The maximum atomic E-state index is 12.8. The zero-order chi connectivity index (χ0) is 23.6. The van der Waals surface area contributed by atoms with Gasteiger partial charge in [-0.05, 0) is 48.0 Å². The van der Waals surface area contributed by atoms with Crippen LogP contribution < -0.4 is 16.1 Å². The molecule has 2 amide bonds. The Balaban J connectivity index is 1.35. The van der Waals surface area contributed by atoms with Crippen LogP contribution in [-0.2, 0) is 18.0 Å². The zero-order valence-corrected chi connectivity index (χ0v) is 18.4. The summed E-state index contributed by atoms with van der Waals surface area (Å²) in [7, 11) is 0. The Morgan fingerprint density at radius 2 is 1.41 bits per heavy atom. The molecular weight excluding hydrogens is 428 g/mol. The zero-order valence-electron chi connectivity index (χ0n) is 18.4. The van der Waals surface area contributed by atoms with Gasteiger partial charge >= 0.3 is 0 Å². The normalized spacial score (nSPS) is 10.4. The minimum atomic E-state index is -0.372. The third-order valence-corrected chi connectivity index (χ3v) is 5.10. The molecule has 4 rings (SSSR count). The second-order valence-electron chi connectivity index (χ2n) is 7.45. The minimum Gasteiger partial charge on any atom is -0.380 e. The van der Waals surface area contributed by atoms with E-state index in [-0.39, 0.29) is 18.4 Å². The van der Waals surface area contributed by atoms with Crippen LogP contribution in [0.25, 0.3) is 0 Å². The standard InChI is InChI=1S/C27H24N4O3/c32-26(21-8-2-1-3-9-21)30-24-12-6-4-10-22(24)19-34-31-27(33)23-11-5-7-13-25(23)29-18-20-14-16-28-17-15-20/h1-17,29H,18-19H2,(H,30,32)(H,31,33). The van der Waals surface area contributed by atoms with Crippen LogP contribution in [0, 0.1) is 0 Å². The van der Waals surface area contributed by atoms with Gasteiger partial charge in [0.25, 0.3) is 11.8 Å². The van der Waals surface area contributed by atoms with Crippen LogP contribution in [0.4, 0.5) is 11.4 Å². The van der Waals surface area contributed by atoms with Gasteiger partial charge in [0.1, 0.15) is 6.61 Å². The molecule has 0 bridgehead atoms. The fraction of sp³-hybridized carbons (Fsp3) is 0.0741. The van der Waals surface area contributed by atoms with E-state index in [1.54, 1.807) is 42.7 Å². The van der Waals surface area contributed by atoms with Crippen LogP contribution in [0.1, 0.15) is 31.8 Å². The molecule has 0 spiro atoms. The van der Waals surface area contributed by atoms with Crippen LogP contribution in [0.2, 0.25) is 0 Å². The molecule has 0 radical (unpaired) electrons. The summed E-state index contributed by atoms with van der Waals surface area (Å²) in [6, 6.07) is 27.3. The first-order chi connectivity index (χ1) is 16.7. The highest BCUT2D eigenvalue weighted by molar-refractivity contribution is 6.04. The lowest BCUT2D eigenvalue weighted by atomic mass is 10.1. The molecule has 170 valence electrons. The number of carbonyl (C=O) groups excluding carboxylic acids is 2. The third-order valence-electron chi connectivity index (χ3n) is 5.10. The van der Waals surface area contributed by atoms with E-state index in [0.717, 1.165) is 11.1 Å². The molecule has 1 aromatic heterocycles. The molecule has 3 aromatic carbocycles. The van der Waals surface area contributed by atoms with Crippen LogP contribution in [-0.4, -0.2) is 16.8 Å². The van der Waals surface area contributed by atoms with Crippen molar-refractivity contribution >= 4 is 23.2 Å². The van der Waals surface area contributed by atoms with E-state index in [4.69, 9.17) is 4.84 Å². The summed E-state index contributed by atoms with van der Waals surface area (Å²) in [6.07, 6.45) is 3.45. The number of hydrogen-bond acceptors (Lipinski definition) is 5. The number of hydroxylamine groups is 1. The fourth-order valence-corrected chi connectivity index (χ4v) is 3.32. The van der Waals surface area contributed by atoms with Gasteiger partial charge < -0.3 is 10.6 Å². The molecule has 4 aromatic rings. The number of benzene rings is 3. The van der Waals surface area contributed by atoms with Crippen molar-refractivity contribution in [2.45, 2.75) is 13.2 Å². The van der Waals surface area contributed by atoms with Crippen LogP contribution in [0.5, 0.6) is 0 Å². The summed E-state index contributed by atoms with van der Waals surface area (Å²) in [6.45, 7) is 0.645. The number of para-hydroxylation sites is 2. The van der Waals surface area contributed by atoms with E-state index in [0.29, 0.717) is 29.0 Å². The summed E-state index contributed by atoms with van der Waals surface area (Å²) in [5.41, 5.74) is 6.61. The highest BCUT2D eigenvalue weighted by atomic mass is 16.6. The molecule has 1 heterocycles. The average molecular weight is 453 g/mol. The first kappa shape index (κ1) is 22.7. The molecule has 0 atom stereocenters. The van der Waals surface area contributed by atoms with E-state index in [2.05, 4.69) is 21.1 Å². The lowest BCUT2D eigenvalue weighted by molar-refractivity contribution is 0.0235. The van der Waals surface area contributed by atoms with Gasteiger partial charge in [-0.1, -0.05) is 48.5 Å². The van der Waals surface area contributed by atoms with Crippen molar-refractivity contribution in [3.05, 3.63) is 126 Å². The number of hydrogen-bond donors (Lipinski definition) is 3. The molecule has 0 saturated carbocycles. The summed E-state index contributed by atoms with van der Waals surface area (Å²) in [5.74, 6) is -0.588. The Morgan fingerprint density at radius 1 is 0.735 bits per heavy atom. The van der Waals surface area contributed by atoms with Gasteiger partial charge in [-0.15, -0.1) is 0 Å². The molecule has 7 nitrogen and oxygen atoms in total. The Kier molecular flexibility index (Phi) is 7.61. The van der Waals surface area contributed by atoms with E-state index < -0.39 is 0 Å². The lowest BCUT2D eigenvalue weighted by Crippen LogP contribution is -2.25. The topological polar surface area (TPSA) is 92.4 Å². The molecule has 0 aliphatic rings. The molecular formula is C27H24N4O3. The van der Waals surface area contributed by atoms with Crippen molar-refractivity contribution in [1.82, 2.24) is 10.5 Å². The first-order valence-electron chi connectivity index (χ1n) is 10.8. The smallest absolute Gasteiger partial charge is 0.276 e. The van der Waals surface area contributed by atoms with Gasteiger partial charge in [0.05, 0.1) is 5.56 Å². The number of carbonyl (C=O) groups is 2. The number of anilines is 2. The van der Waals surface area contributed by atoms with Gasteiger partial charge in [-0.2, -0.15) is 0 Å². The first-order valence-corrected chi connectivity index (χ1v) is 10.8. The Bertz CT molecular complexity index is 1250. The number of aromatic nitrogens is 1. The number of amides is 2. The molecule has 0 saturated heterocycles. The summed E-state index contributed by atoms with van der Waals surface area (Å²) >= 11 is 0. The summed E-state index contributed by atoms with van der Waals surface area (Å²) in [4.78, 5) is 34.8. The van der Waals surface area contributed by atoms with Crippen molar-refractivity contribution in [3.8, 4) is 0 Å². The van der Waals surface area contributed by atoms with Crippen molar-refractivity contribution in [3.63, 3.8) is 0 Å². The van der Waals surface area contributed by atoms with E-state index in [1.807, 2.05) is 60.7 Å². The summed E-state index contributed by atoms with van der Waals surface area (Å²) < 4.78 is 0. The predicted octanol–water partition coefficient (Wildman–Crippen LogP) is 4.81. The van der Waals surface area contributed by atoms with Crippen LogP contribution >= 0.6 is 0 Å². The average Bonchev–Trinajstić information content (AvgIpc) is 2.89. The SMILES string of the molecule is O=C(Nc1ccccc1CONC(=O)c1ccccc1NCc1ccncc1)c1ccccc1. The maximum Gasteiger partial charge on any atom is 0.276 e. The predicted molar refractivity (Wildman–Crippen MR) is 131 cm³/mol. The van der Waals surface area contributed by atoms with Crippen molar-refractivity contribution in [2.75, 3.05) is 10.6 Å². The highest BCUT2D eigenvalue weighted by Gasteiger charge is 2.13. The maximum absolute atomic E-state index is 12.8. The van der Waals surface area contributed by atoms with Crippen molar-refractivity contribution in [2.24, 2.45) is 0 Å². The molecule has 0 fully saturated rings. The monoisotopic (exact) mass is 452 g/mol. The van der Waals surface area contributed by atoms with Gasteiger partial charge in [0, 0.05) is 41.4 Å². The molecule has 3 N–H and O–H groups in total. The van der Waals surface area contributed by atoms with Crippen LogP contribution in [0.15, 0.2) is 103 Å².